The van der Waals surface area contributed by atoms with Crippen LogP contribution >= 0.6 is 0 Å². The Bertz CT molecular complexity index is 4920. The highest BCUT2D eigenvalue weighted by Gasteiger charge is 2.35. The lowest BCUT2D eigenvalue weighted by Crippen LogP contribution is -2.36. The van der Waals surface area contributed by atoms with E-state index < -0.39 is 0 Å². The van der Waals surface area contributed by atoms with E-state index in [0.29, 0.717) is 30.4 Å². The molecule has 7 aliphatic heterocycles. The Morgan fingerprint density at radius 3 is 1.86 bits per heavy atom. The van der Waals surface area contributed by atoms with Gasteiger partial charge in [-0.3, -0.25) is 19.0 Å². The lowest BCUT2D eigenvalue weighted by molar-refractivity contribution is -0.118. The van der Waals surface area contributed by atoms with Gasteiger partial charge in [0.05, 0.1) is 74.4 Å². The van der Waals surface area contributed by atoms with Crippen LogP contribution in [0.3, 0.4) is 0 Å². The third-order valence-corrected chi connectivity index (χ3v) is 22.8. The fourth-order valence-corrected chi connectivity index (χ4v) is 16.0. The van der Waals surface area contributed by atoms with Crippen LogP contribution in [0.15, 0.2) is 109 Å². The number of pyridine rings is 2. The summed E-state index contributed by atoms with van der Waals surface area (Å²) in [6, 6.07) is 25.6. The molecular weight excluding hydrogens is 1500 g/mol. The molecular formula is C103H158N12O6. The number of hydrogen-bond donors (Lipinski definition) is 0. The summed E-state index contributed by atoms with van der Waals surface area (Å²) >= 11 is 0. The van der Waals surface area contributed by atoms with Crippen LogP contribution in [-0.4, -0.2) is 100 Å². The van der Waals surface area contributed by atoms with Gasteiger partial charge in [0.25, 0.3) is 0 Å². The Morgan fingerprint density at radius 1 is 0.562 bits per heavy atom. The number of fused-ring (bicyclic) bond motifs is 8. The molecule has 0 saturated carbocycles. The zero-order chi connectivity index (χ0) is 89.9. The normalized spacial score (nSPS) is 17.2. The zero-order valence-electron chi connectivity index (χ0n) is 81.4. The molecule has 13 heterocycles. The Hall–Kier alpha value is -8.51. The molecule has 0 N–H and O–H groups in total. The van der Waals surface area contributed by atoms with Gasteiger partial charge in [-0.05, 0) is 187 Å². The summed E-state index contributed by atoms with van der Waals surface area (Å²) in [6.45, 7) is 76.3. The number of aromatic nitrogens is 10. The van der Waals surface area contributed by atoms with Crippen LogP contribution in [-0.2, 0) is 106 Å². The Labute approximate surface area is 730 Å². The molecule has 0 aliphatic carbocycles. The first-order chi connectivity index (χ1) is 56.0. The minimum Gasteiger partial charge on any atom is -0.493 e. The Morgan fingerprint density at radius 2 is 1.22 bits per heavy atom. The number of carbonyl (C=O) groups excluding carboxylic acids is 1. The number of carbonyl (C=O) groups is 1. The number of rotatable bonds is 2. The summed E-state index contributed by atoms with van der Waals surface area (Å²) in [5, 5.41) is 14.0. The maximum Gasteiger partial charge on any atom is 0.227 e. The SMILES string of the molecule is CC(C)(C)C.CC(C)(C)c1cccc2c1OCCC2.CC(C)(C)c1cnn2c1CCCC2.CC1CCCc2ncc(C(C)(C)C)n21.CC1COc2ccnn2C1.CCCn1ccc(=O)c2cc(C(C)(C)C)ccc21.CN1C(=O)CCc2ccc(C(C)(C)C)cc21.CN1CCOc2cc(C(C)(C)C)cnc21.Cc1nn2c(c1C(C)(C)C)COC(C)(C)C2. The van der Waals surface area contributed by atoms with Crippen molar-refractivity contribution in [3.8, 4) is 17.4 Å². The molecule has 0 bridgehead atoms. The van der Waals surface area contributed by atoms with Gasteiger partial charge in [0, 0.05) is 116 Å². The fourth-order valence-electron chi connectivity index (χ4n) is 16.0. The van der Waals surface area contributed by atoms with Crippen LogP contribution in [0.1, 0.15) is 332 Å². The first kappa shape index (κ1) is 97.9. The molecule has 6 aromatic heterocycles. The Kier molecular flexibility index (Phi) is 32.4. The molecule has 0 fully saturated rings. The summed E-state index contributed by atoms with van der Waals surface area (Å²) in [6.07, 6.45) is 22.2. The maximum absolute atomic E-state index is 12.0. The van der Waals surface area contributed by atoms with Crippen molar-refractivity contribution >= 4 is 28.3 Å². The molecule has 1 amide bonds. The molecule has 2 atom stereocenters. The maximum atomic E-state index is 12.0. The number of aryl methyl sites for hydroxylation is 6. The summed E-state index contributed by atoms with van der Waals surface area (Å²) < 4.78 is 33.5. The second-order valence-corrected chi connectivity index (χ2v) is 44.0. The predicted molar refractivity (Wildman–Crippen MR) is 504 cm³/mol. The van der Waals surface area contributed by atoms with E-state index in [1.165, 1.54) is 106 Å². The van der Waals surface area contributed by atoms with E-state index in [9.17, 15) is 9.59 Å². The highest BCUT2D eigenvalue weighted by Crippen LogP contribution is 2.40. The first-order valence-electron chi connectivity index (χ1n) is 45.2. The number of hydrogen-bond acceptors (Lipinski definition) is 12. The van der Waals surface area contributed by atoms with Crippen molar-refractivity contribution in [1.29, 1.82) is 0 Å². The van der Waals surface area contributed by atoms with Crippen molar-refractivity contribution in [2.45, 2.75) is 368 Å². The molecule has 9 aromatic rings. The smallest absolute Gasteiger partial charge is 0.227 e. The van der Waals surface area contributed by atoms with Gasteiger partial charge in [-0.25, -0.2) is 14.6 Å². The average Bonchev–Trinajstić information content (AvgIpc) is 1.60. The van der Waals surface area contributed by atoms with Crippen LogP contribution < -0.4 is 29.4 Å². The van der Waals surface area contributed by atoms with Gasteiger partial charge >= 0.3 is 0 Å². The van der Waals surface area contributed by atoms with E-state index in [4.69, 9.17) is 18.9 Å². The minimum absolute atomic E-state index is 0.0755. The summed E-state index contributed by atoms with van der Waals surface area (Å²) in [5.41, 5.74) is 19.5. The van der Waals surface area contributed by atoms with Crippen molar-refractivity contribution in [3.63, 3.8) is 0 Å². The van der Waals surface area contributed by atoms with Gasteiger partial charge in [0.15, 0.2) is 17.0 Å². The largest absolute Gasteiger partial charge is 0.493 e. The van der Waals surface area contributed by atoms with Crippen molar-refractivity contribution in [1.82, 2.24) is 48.4 Å². The summed E-state index contributed by atoms with van der Waals surface area (Å²) in [5.74, 6) is 6.01. The molecule has 0 saturated heterocycles. The molecule has 0 spiro atoms. The van der Waals surface area contributed by atoms with Crippen LogP contribution in [0.25, 0.3) is 10.9 Å². The molecule has 2 unspecified atom stereocenters. The molecule has 121 heavy (non-hydrogen) atoms. The number of nitrogens with zero attached hydrogens (tertiary/aromatic N) is 12. The van der Waals surface area contributed by atoms with E-state index in [0.717, 1.165) is 124 Å². The summed E-state index contributed by atoms with van der Waals surface area (Å²) in [7, 11) is 3.91. The van der Waals surface area contributed by atoms with Crippen LogP contribution in [0, 0.1) is 18.3 Å². The van der Waals surface area contributed by atoms with Gasteiger partial charge in [0.2, 0.25) is 11.8 Å². The monoisotopic (exact) mass is 1660 g/mol. The predicted octanol–water partition coefficient (Wildman–Crippen LogP) is 23.5. The number of benzene rings is 3. The van der Waals surface area contributed by atoms with E-state index in [-0.39, 0.29) is 54.8 Å². The van der Waals surface area contributed by atoms with Gasteiger partial charge in [-0.2, -0.15) is 15.3 Å². The quantitative estimate of drug-likeness (QED) is 0.161. The molecule has 3 aromatic carbocycles. The number of para-hydroxylation sites is 1. The second kappa shape index (κ2) is 40.0. The molecule has 16 rings (SSSR count). The highest BCUT2D eigenvalue weighted by atomic mass is 16.5. The van der Waals surface area contributed by atoms with E-state index in [1.807, 2.05) is 43.3 Å². The third-order valence-electron chi connectivity index (χ3n) is 22.8. The van der Waals surface area contributed by atoms with E-state index >= 15 is 0 Å². The molecule has 666 valence electrons. The lowest BCUT2D eigenvalue weighted by Gasteiger charge is -2.32. The molecule has 18 heteroatoms. The van der Waals surface area contributed by atoms with Crippen LogP contribution in [0.4, 0.5) is 11.5 Å². The van der Waals surface area contributed by atoms with Gasteiger partial charge in [-0.1, -0.05) is 223 Å². The first-order valence-corrected chi connectivity index (χ1v) is 45.2. The van der Waals surface area contributed by atoms with Gasteiger partial charge in [-0.15, -0.1) is 0 Å². The number of ether oxygens (including phenoxy) is 4. The Balaban J connectivity index is 0.000000171. The molecule has 7 aliphatic rings. The van der Waals surface area contributed by atoms with Crippen molar-refractivity contribution in [2.75, 3.05) is 50.3 Å². The standard InChI is InChI=1S/C16H21NO.C14H19NO.C13H22N2O.C13H18O.C12H18N2O.C12H20N2.C11H18N2.C7H10N2O.C5H12/c1-5-9-17-10-8-15(18)13-11-12(16(2,3)4)6-7-14(13)17;1-14(2,3)11-7-5-10-6-8-13(16)15(4)12(10)9-11;1-9-11(12(2,3)4)10-7-16-13(5,6)8-15(10)14-9;1-13(2,3)11-8-4-6-10-7-5-9-14-12(10)11;1-12(2,3)9-7-10-11(13-8-9)14(4)5-6-15-10;1-9-6-5-7-11-13-8-10(14(9)11)12(2,3)4;1-11(2,3)9-8-12-13-7-5-4-6-10(9)13;1-6-4-9-7(10-5-6)2-3-8-9;1-5(2,3)4/h6-8,10-11H,5,9H2,1-4H3;5,7,9H,6,8H2,1-4H3;7-8H2,1-6H3;4,6,8H,5,7,9H2,1-3H3;7-8H,5-6H2,1-4H3;8-9H,5-7H2,1-4H3;8H,4-7H2,1-3H3;2-3,6H,4-5H2,1H3;1-4H3. The van der Waals surface area contributed by atoms with Crippen molar-refractivity contribution in [3.05, 3.63) is 187 Å². The van der Waals surface area contributed by atoms with Crippen molar-refractivity contribution in [2.24, 2.45) is 11.3 Å². The van der Waals surface area contributed by atoms with Gasteiger partial charge in [0.1, 0.15) is 18.2 Å². The third kappa shape index (κ3) is 27.2. The van der Waals surface area contributed by atoms with Crippen LogP contribution in [0.2, 0.25) is 0 Å². The fraction of sp³-hybridized carbons (Fsp3) is 0.621. The zero-order valence-corrected chi connectivity index (χ0v) is 81.4. The minimum atomic E-state index is -0.0966. The highest BCUT2D eigenvalue weighted by molar-refractivity contribution is 5.96. The topological polar surface area (TPSA) is 167 Å². The molecule has 18 nitrogen and oxygen atoms in total. The van der Waals surface area contributed by atoms with Crippen molar-refractivity contribution < 1.29 is 23.7 Å². The second-order valence-electron chi connectivity index (χ2n) is 44.0. The number of anilines is 2. The summed E-state index contributed by atoms with van der Waals surface area (Å²) in [4.78, 5) is 36.6. The van der Waals surface area contributed by atoms with Crippen LogP contribution in [0.5, 0.6) is 17.4 Å². The van der Waals surface area contributed by atoms with E-state index in [1.54, 1.807) is 17.2 Å². The average molecular weight is 1660 g/mol. The number of amides is 1. The lowest BCUT2D eigenvalue weighted by atomic mass is 9.84. The van der Waals surface area contributed by atoms with E-state index in [2.05, 4.69) is 330 Å². The number of imidazole rings is 1. The molecule has 0 radical (unpaired) electrons. The van der Waals surface area contributed by atoms with Gasteiger partial charge < -0.3 is 37.9 Å². The number of likely N-dealkylation sites (N-methyl/N-ethyl adjacent to an activating group) is 1.